The maximum atomic E-state index is 11.9. The minimum atomic E-state index is -0.434. The third-order valence-electron chi connectivity index (χ3n) is 11.3. The van der Waals surface area contributed by atoms with Crippen LogP contribution < -0.4 is 0 Å². The maximum Gasteiger partial charge on any atom is 0.312 e. The lowest BCUT2D eigenvalue weighted by Crippen LogP contribution is -2.44. The molecule has 0 N–H and O–H groups in total. The molecule has 0 saturated carbocycles. The van der Waals surface area contributed by atoms with Crippen LogP contribution in [0.4, 0.5) is 0 Å². The van der Waals surface area contributed by atoms with Crippen LogP contribution in [0.5, 0.6) is 0 Å². The molecule has 0 saturated heterocycles. The van der Waals surface area contributed by atoms with Gasteiger partial charge in [0.2, 0.25) is 0 Å². The fourth-order valence-corrected chi connectivity index (χ4v) is 2.47. The zero-order chi connectivity index (χ0) is 44.8. The summed E-state index contributed by atoms with van der Waals surface area (Å²) in [6.07, 6.45) is 4.07. The molecule has 0 atom stereocenters. The number of esters is 4. The monoisotopic (exact) mass is 773 g/mol. The van der Waals surface area contributed by atoms with E-state index >= 15 is 0 Å². The van der Waals surface area contributed by atoms with Gasteiger partial charge in [-0.3, -0.25) is 19.2 Å². The Bertz CT molecular complexity index is 1140. The molecule has 0 aliphatic carbocycles. The Morgan fingerprint density at radius 3 is 0.870 bits per heavy atom. The first-order valence-electron chi connectivity index (χ1n) is 20.4. The highest BCUT2D eigenvalue weighted by Gasteiger charge is 2.40. The number of carbonyl (C=O) groups excluding carboxylic acids is 4. The topological polar surface area (TPSA) is 105 Å². The average Bonchev–Trinajstić information content (AvgIpc) is 2.99. The molecule has 0 heterocycles. The van der Waals surface area contributed by atoms with Crippen molar-refractivity contribution in [1.82, 2.24) is 0 Å². The minimum absolute atomic E-state index is 0.0491. The van der Waals surface area contributed by atoms with E-state index in [-0.39, 0.29) is 67.8 Å². The van der Waals surface area contributed by atoms with Crippen LogP contribution in [-0.4, -0.2) is 46.3 Å². The Hall–Kier alpha value is -2.12. The summed E-state index contributed by atoms with van der Waals surface area (Å²) in [5, 5.41) is 0. The second-order valence-corrected chi connectivity index (χ2v) is 21.3. The highest BCUT2D eigenvalue weighted by Crippen LogP contribution is 2.36. The van der Waals surface area contributed by atoms with Gasteiger partial charge in [-0.15, -0.1) is 0 Å². The van der Waals surface area contributed by atoms with E-state index < -0.39 is 5.60 Å². The lowest BCUT2D eigenvalue weighted by Gasteiger charge is -2.40. The molecule has 0 aromatic heterocycles. The highest BCUT2D eigenvalue weighted by molar-refractivity contribution is 5.77. The molecule has 0 aromatic rings. The predicted molar refractivity (Wildman–Crippen MR) is 227 cm³/mol. The molecular weight excluding hydrogens is 680 g/mol. The molecule has 54 heavy (non-hydrogen) atoms. The van der Waals surface area contributed by atoms with Crippen LogP contribution in [0.15, 0.2) is 0 Å². The van der Waals surface area contributed by atoms with Crippen molar-refractivity contribution in [3.8, 4) is 0 Å². The number of carbonyl (C=O) groups is 4. The Morgan fingerprint density at radius 2 is 0.648 bits per heavy atom. The molecule has 324 valence electrons. The number of ether oxygens (including phenoxy) is 4. The van der Waals surface area contributed by atoms with E-state index in [1.165, 1.54) is 0 Å². The molecule has 0 bridgehead atoms. The van der Waals surface area contributed by atoms with Crippen LogP contribution in [0.3, 0.4) is 0 Å². The van der Waals surface area contributed by atoms with E-state index in [0.29, 0.717) is 5.92 Å². The molecule has 0 rings (SSSR count). The zero-order valence-electron chi connectivity index (χ0n) is 40.9. The molecule has 0 aliphatic rings. The van der Waals surface area contributed by atoms with Gasteiger partial charge in [-0.2, -0.15) is 0 Å². The molecule has 0 aromatic carbocycles. The first kappa shape index (κ1) is 58.6. The van der Waals surface area contributed by atoms with Gasteiger partial charge < -0.3 is 18.9 Å². The van der Waals surface area contributed by atoms with Crippen LogP contribution in [-0.2, 0) is 38.1 Å². The van der Waals surface area contributed by atoms with E-state index in [4.69, 9.17) is 18.9 Å². The number of rotatable bonds is 13. The van der Waals surface area contributed by atoms with Crippen LogP contribution in [0.25, 0.3) is 0 Å². The quantitative estimate of drug-likeness (QED) is 0.135. The Labute approximate surface area is 335 Å². The summed E-state index contributed by atoms with van der Waals surface area (Å²) in [5.74, 6) is -0.0814. The second-order valence-electron chi connectivity index (χ2n) is 21.3. The summed E-state index contributed by atoms with van der Waals surface area (Å²) < 4.78 is 21.8. The van der Waals surface area contributed by atoms with E-state index in [1.54, 1.807) is 0 Å². The fraction of sp³-hybridized carbons (Fsp3) is 0.913. The maximum absolute atomic E-state index is 11.9. The number of hydrogen-bond acceptors (Lipinski definition) is 8. The van der Waals surface area contributed by atoms with Crippen molar-refractivity contribution in [3.63, 3.8) is 0 Å². The SMILES string of the molecule is CCC(C)(C)C(=O)OC(C)(C)C.CCC(C)(C)C(=O)OC(C)(C)C(C)(C)C.CCC(C)(C)C(=O)OC(C)(C)C(C)C.CCC(C)(C)OC(=O)C(C)(C)CC. The van der Waals surface area contributed by atoms with Gasteiger partial charge in [0, 0.05) is 5.41 Å². The normalized spacial score (nSPS) is 13.2. The van der Waals surface area contributed by atoms with Crippen molar-refractivity contribution in [2.45, 2.75) is 241 Å². The fourth-order valence-electron chi connectivity index (χ4n) is 2.47. The minimum Gasteiger partial charge on any atom is -0.460 e. The van der Waals surface area contributed by atoms with Gasteiger partial charge in [-0.25, -0.2) is 0 Å². The first-order chi connectivity index (χ1) is 23.5. The molecular formula is C46H92O8. The van der Waals surface area contributed by atoms with Crippen LogP contribution in [0.1, 0.15) is 219 Å². The van der Waals surface area contributed by atoms with Gasteiger partial charge in [-0.05, 0) is 156 Å². The van der Waals surface area contributed by atoms with Gasteiger partial charge in [-0.1, -0.05) is 69.2 Å². The van der Waals surface area contributed by atoms with Crippen molar-refractivity contribution < 1.29 is 38.1 Å². The van der Waals surface area contributed by atoms with E-state index in [9.17, 15) is 19.2 Å². The van der Waals surface area contributed by atoms with Crippen molar-refractivity contribution in [2.75, 3.05) is 0 Å². The summed E-state index contributed by atoms with van der Waals surface area (Å²) in [6, 6.07) is 0. The summed E-state index contributed by atoms with van der Waals surface area (Å²) in [6.45, 7) is 53.1. The largest absolute Gasteiger partial charge is 0.460 e. The molecule has 0 spiro atoms. The average molecular weight is 773 g/mol. The summed E-state index contributed by atoms with van der Waals surface area (Å²) >= 11 is 0. The summed E-state index contributed by atoms with van der Waals surface area (Å²) in [4.78, 5) is 46.9. The van der Waals surface area contributed by atoms with Gasteiger partial charge in [0.1, 0.15) is 22.4 Å². The Kier molecular flexibility index (Phi) is 23.9. The van der Waals surface area contributed by atoms with Gasteiger partial charge >= 0.3 is 23.9 Å². The standard InChI is InChI=1S/C13H26O2.C12H24O2.C11H22O2.C10H20O2/c1-9-12(5,6)10(14)15-13(7,8)11(2,3)4;1-8-11(4,5)10(13)14-12(6,7)9(2)3;1-7-10(3,4)9(12)13-11(5,6)8-2;1-7-10(5,6)8(11)12-9(2,3)4/h9H2,1-8H3;9H,8H2,1-7H3;7-8H2,1-6H3;7H2,1-6H3. The lowest BCUT2D eigenvalue weighted by atomic mass is 9.78. The van der Waals surface area contributed by atoms with Crippen molar-refractivity contribution >= 4 is 23.9 Å². The van der Waals surface area contributed by atoms with Crippen LogP contribution in [0, 0.1) is 33.0 Å². The second kappa shape index (κ2) is 22.0. The Balaban J connectivity index is -0.000000310. The van der Waals surface area contributed by atoms with Crippen LogP contribution in [0.2, 0.25) is 0 Å². The van der Waals surface area contributed by atoms with Crippen molar-refractivity contribution in [1.29, 1.82) is 0 Å². The third-order valence-corrected chi connectivity index (χ3v) is 11.3. The molecule has 0 unspecified atom stereocenters. The van der Waals surface area contributed by atoms with Gasteiger partial charge in [0.15, 0.2) is 0 Å². The lowest BCUT2D eigenvalue weighted by molar-refractivity contribution is -0.178. The number of hydrogen-bond donors (Lipinski definition) is 0. The van der Waals surface area contributed by atoms with E-state index in [0.717, 1.165) is 32.1 Å². The molecule has 0 fully saturated rings. The first-order valence-corrected chi connectivity index (χ1v) is 20.4. The third kappa shape index (κ3) is 23.1. The smallest absolute Gasteiger partial charge is 0.312 e. The Morgan fingerprint density at radius 1 is 0.389 bits per heavy atom. The van der Waals surface area contributed by atoms with Gasteiger partial charge in [0.25, 0.3) is 0 Å². The van der Waals surface area contributed by atoms with Crippen molar-refractivity contribution in [2.24, 2.45) is 33.0 Å². The summed E-state index contributed by atoms with van der Waals surface area (Å²) in [5.41, 5.74) is -3.02. The van der Waals surface area contributed by atoms with E-state index in [1.807, 2.05) is 152 Å². The predicted octanol–water partition coefficient (Wildman–Crippen LogP) is 13.1. The molecule has 8 heteroatoms. The molecule has 0 amide bonds. The molecule has 0 radical (unpaired) electrons. The zero-order valence-corrected chi connectivity index (χ0v) is 40.9. The van der Waals surface area contributed by atoms with E-state index in [2.05, 4.69) is 34.6 Å². The molecule has 8 nitrogen and oxygen atoms in total. The van der Waals surface area contributed by atoms with Crippen LogP contribution >= 0.6 is 0 Å². The molecule has 0 aliphatic heterocycles. The van der Waals surface area contributed by atoms with Gasteiger partial charge in [0.05, 0.1) is 21.7 Å². The van der Waals surface area contributed by atoms with Crippen molar-refractivity contribution in [3.05, 3.63) is 0 Å². The summed E-state index contributed by atoms with van der Waals surface area (Å²) in [7, 11) is 0. The highest BCUT2D eigenvalue weighted by atomic mass is 16.6.